The summed E-state index contributed by atoms with van der Waals surface area (Å²) in [6, 6.07) is 16.2. The predicted octanol–water partition coefficient (Wildman–Crippen LogP) is 2.41. The number of carbonyl (C=O) groups is 4. The van der Waals surface area contributed by atoms with E-state index in [0.29, 0.717) is 11.3 Å². The molecule has 5 N–H and O–H groups in total. The van der Waals surface area contributed by atoms with Crippen molar-refractivity contribution in [2.45, 2.75) is 58.8 Å². The van der Waals surface area contributed by atoms with Crippen LogP contribution in [0.4, 0.5) is 0 Å². The number of hydrogen-bond acceptors (Lipinski definition) is 9. The van der Waals surface area contributed by atoms with Crippen LogP contribution >= 0.6 is 0 Å². The summed E-state index contributed by atoms with van der Waals surface area (Å²) >= 11 is 0. The monoisotopic (exact) mass is 644 g/mol. The Hall–Kier alpha value is -5.48. The molecule has 13 heteroatoms. The molecule has 0 aliphatic heterocycles. The van der Waals surface area contributed by atoms with E-state index in [2.05, 4.69) is 30.9 Å². The zero-order valence-electron chi connectivity index (χ0n) is 27.0. The minimum absolute atomic E-state index is 0.00492. The van der Waals surface area contributed by atoms with E-state index < -0.39 is 47.2 Å². The molecule has 1 heterocycles. The molecule has 0 radical (unpaired) electrons. The zero-order chi connectivity index (χ0) is 34.6. The second kappa shape index (κ2) is 16.7. The van der Waals surface area contributed by atoms with Crippen molar-refractivity contribution in [3.05, 3.63) is 88.8 Å². The molecule has 248 valence electrons. The molecule has 0 aliphatic carbocycles. The minimum Gasteiger partial charge on any atom is -0.491 e. The number of hydrogen-bond donors (Lipinski definition) is 5. The second-order valence-electron chi connectivity index (χ2n) is 12.0. The molecule has 3 atom stereocenters. The van der Waals surface area contributed by atoms with Crippen molar-refractivity contribution in [3.8, 4) is 11.8 Å². The van der Waals surface area contributed by atoms with Gasteiger partial charge >= 0.3 is 0 Å². The van der Waals surface area contributed by atoms with Gasteiger partial charge in [0.2, 0.25) is 11.8 Å². The van der Waals surface area contributed by atoms with Crippen LogP contribution in [-0.2, 0) is 20.9 Å². The van der Waals surface area contributed by atoms with Crippen molar-refractivity contribution in [3.63, 3.8) is 0 Å². The zero-order valence-corrected chi connectivity index (χ0v) is 27.0. The number of amides is 4. The van der Waals surface area contributed by atoms with Crippen molar-refractivity contribution in [1.29, 1.82) is 5.26 Å². The first-order valence-corrected chi connectivity index (χ1v) is 14.9. The molecule has 3 rings (SSSR count). The maximum atomic E-state index is 13.3. The first kappa shape index (κ1) is 36.0. The molecular weight excluding hydrogens is 604 g/mol. The number of nitriles is 1. The smallest absolute Gasteiger partial charge is 0.273 e. The van der Waals surface area contributed by atoms with E-state index in [1.807, 2.05) is 37.3 Å². The molecule has 1 aromatic heterocycles. The lowest BCUT2D eigenvalue weighted by atomic mass is 10.0. The largest absolute Gasteiger partial charge is 0.491 e. The Bertz CT molecular complexity index is 1600. The molecule has 13 nitrogen and oxygen atoms in total. The fourth-order valence-electron chi connectivity index (χ4n) is 4.18. The van der Waals surface area contributed by atoms with Gasteiger partial charge in [0, 0.05) is 24.7 Å². The molecule has 0 saturated heterocycles. The fraction of sp³-hybridized carbons (Fsp3) is 0.353. The Morgan fingerprint density at radius 2 is 1.79 bits per heavy atom. The number of rotatable bonds is 14. The van der Waals surface area contributed by atoms with Gasteiger partial charge in [-0.3, -0.25) is 19.2 Å². The molecule has 0 bridgehead atoms. The van der Waals surface area contributed by atoms with E-state index in [0.717, 1.165) is 11.1 Å². The maximum Gasteiger partial charge on any atom is 0.273 e. The second-order valence-corrected chi connectivity index (χ2v) is 12.0. The fourth-order valence-corrected chi connectivity index (χ4v) is 4.18. The Morgan fingerprint density at radius 3 is 2.40 bits per heavy atom. The molecule has 4 amide bonds. The first-order chi connectivity index (χ1) is 22.3. The Balaban J connectivity index is 1.76. The number of nitrogens with one attached hydrogen (secondary N) is 4. The third kappa shape index (κ3) is 11.8. The van der Waals surface area contributed by atoms with Gasteiger partial charge in [0.05, 0.1) is 12.0 Å². The van der Waals surface area contributed by atoms with Gasteiger partial charge < -0.3 is 35.6 Å². The summed E-state index contributed by atoms with van der Waals surface area (Å²) in [6.07, 6.45) is 1.46. The normalized spacial score (nSPS) is 13.3. The SMILES string of the molecule is Cc1ccc(CNC(=O)[C@H](COc2cccc(C=C(C#N)C(=O)NC(C)(C)C)c2)NC(=O)[C@@H](CNC(=O)c2ccon2)[C@@H](C)O)cc1. The lowest BCUT2D eigenvalue weighted by Gasteiger charge is -2.24. The van der Waals surface area contributed by atoms with E-state index in [1.165, 1.54) is 25.3 Å². The van der Waals surface area contributed by atoms with E-state index in [9.17, 15) is 29.5 Å². The number of aryl methyl sites for hydroxylation is 1. The summed E-state index contributed by atoms with van der Waals surface area (Å²) < 4.78 is 10.6. The standard InChI is InChI=1S/C34H40N6O7/c1-21-9-11-23(12-10-21)18-36-33(45)29(38-31(43)27(22(2)41)19-37-32(44)28-13-14-47-40-28)20-46-26-8-6-7-24(16-26)15-25(17-35)30(42)39-34(3,4)5/h6-16,22,27,29,41H,18-20H2,1-5H3,(H,36,45)(H,37,44)(H,38,43)(H,39,42)/t22-,27+,29+/m1/s1. The molecule has 0 unspecified atom stereocenters. The highest BCUT2D eigenvalue weighted by Gasteiger charge is 2.30. The molecule has 0 aliphatic rings. The summed E-state index contributed by atoms with van der Waals surface area (Å²) in [7, 11) is 0. The van der Waals surface area contributed by atoms with Gasteiger partial charge in [-0.15, -0.1) is 0 Å². The average Bonchev–Trinajstić information content (AvgIpc) is 3.56. The topological polar surface area (TPSA) is 196 Å². The van der Waals surface area contributed by atoms with E-state index in [1.54, 1.807) is 45.0 Å². The quantitative estimate of drug-likeness (QED) is 0.129. The van der Waals surface area contributed by atoms with Gasteiger partial charge in [0.25, 0.3) is 11.8 Å². The number of aliphatic hydroxyl groups excluding tert-OH is 1. The van der Waals surface area contributed by atoms with Crippen LogP contribution in [0.1, 0.15) is 54.9 Å². The molecule has 0 spiro atoms. The average molecular weight is 645 g/mol. The van der Waals surface area contributed by atoms with Crippen LogP contribution in [0.5, 0.6) is 5.75 Å². The summed E-state index contributed by atoms with van der Waals surface area (Å²) in [5.41, 5.74) is 1.78. The number of aliphatic hydroxyl groups is 1. The van der Waals surface area contributed by atoms with E-state index >= 15 is 0 Å². The van der Waals surface area contributed by atoms with Crippen LogP contribution in [0.15, 0.2) is 71.0 Å². The predicted molar refractivity (Wildman–Crippen MR) is 172 cm³/mol. The van der Waals surface area contributed by atoms with E-state index in [-0.39, 0.29) is 31.0 Å². The summed E-state index contributed by atoms with van der Waals surface area (Å²) in [5.74, 6) is -3.17. The van der Waals surface area contributed by atoms with Gasteiger partial charge in [-0.1, -0.05) is 47.1 Å². The van der Waals surface area contributed by atoms with Gasteiger partial charge in [-0.05, 0) is 64.0 Å². The molecule has 2 aromatic carbocycles. The van der Waals surface area contributed by atoms with Crippen molar-refractivity contribution < 1.29 is 33.5 Å². The van der Waals surface area contributed by atoms with Crippen LogP contribution < -0.4 is 26.0 Å². The highest BCUT2D eigenvalue weighted by molar-refractivity contribution is 6.02. The summed E-state index contributed by atoms with van der Waals surface area (Å²) in [5, 5.41) is 34.2. The maximum absolute atomic E-state index is 13.3. The number of nitrogens with zero attached hydrogens (tertiary/aromatic N) is 2. The molecule has 47 heavy (non-hydrogen) atoms. The van der Waals surface area contributed by atoms with Crippen LogP contribution in [0.25, 0.3) is 6.08 Å². The van der Waals surface area contributed by atoms with Crippen LogP contribution in [-0.4, -0.2) is 64.7 Å². The number of benzene rings is 2. The highest BCUT2D eigenvalue weighted by Crippen LogP contribution is 2.17. The lowest BCUT2D eigenvalue weighted by Crippen LogP contribution is -2.54. The van der Waals surface area contributed by atoms with E-state index in [4.69, 9.17) is 4.74 Å². The molecule has 0 fully saturated rings. The van der Waals surface area contributed by atoms with Crippen molar-refractivity contribution in [2.75, 3.05) is 13.2 Å². The third-order valence-corrected chi connectivity index (χ3v) is 6.73. The molecule has 3 aromatic rings. The highest BCUT2D eigenvalue weighted by atomic mass is 16.5. The first-order valence-electron chi connectivity index (χ1n) is 14.9. The summed E-state index contributed by atoms with van der Waals surface area (Å²) in [4.78, 5) is 51.5. The van der Waals surface area contributed by atoms with Gasteiger partial charge in [-0.2, -0.15) is 5.26 Å². The van der Waals surface area contributed by atoms with Crippen molar-refractivity contribution in [2.24, 2.45) is 5.92 Å². The van der Waals surface area contributed by atoms with Gasteiger partial charge in [0.1, 0.15) is 36.3 Å². The van der Waals surface area contributed by atoms with Crippen LogP contribution in [0, 0.1) is 24.2 Å². The Kier molecular flexibility index (Phi) is 12.8. The molecule has 0 saturated carbocycles. The number of aromatic nitrogens is 1. The van der Waals surface area contributed by atoms with Crippen LogP contribution in [0.3, 0.4) is 0 Å². The third-order valence-electron chi connectivity index (χ3n) is 6.73. The number of carbonyl (C=O) groups excluding carboxylic acids is 4. The Morgan fingerprint density at radius 1 is 1.06 bits per heavy atom. The lowest BCUT2D eigenvalue weighted by molar-refractivity contribution is -0.133. The number of ether oxygens (including phenoxy) is 1. The van der Waals surface area contributed by atoms with Crippen molar-refractivity contribution in [1.82, 2.24) is 26.4 Å². The van der Waals surface area contributed by atoms with Crippen LogP contribution in [0.2, 0.25) is 0 Å². The molecular formula is C34H40N6O7. The Labute approximate surface area is 273 Å². The minimum atomic E-state index is -1.20. The summed E-state index contributed by atoms with van der Waals surface area (Å²) in [6.45, 7) is 8.40. The van der Waals surface area contributed by atoms with Crippen molar-refractivity contribution >= 4 is 29.7 Å². The van der Waals surface area contributed by atoms with Gasteiger partial charge in [-0.25, -0.2) is 0 Å². The van der Waals surface area contributed by atoms with Gasteiger partial charge in [0.15, 0.2) is 5.69 Å².